The maximum atomic E-state index is 12.1. The number of ether oxygens (including phenoxy) is 1. The summed E-state index contributed by atoms with van der Waals surface area (Å²) in [4.78, 5) is 12.1. The van der Waals surface area contributed by atoms with E-state index >= 15 is 0 Å². The number of carbonyl (C=O) groups is 1. The molecule has 26 heavy (non-hydrogen) atoms. The van der Waals surface area contributed by atoms with Crippen molar-refractivity contribution in [2.45, 2.75) is 24.7 Å². The molecular weight excluding hydrogens is 376 g/mol. The van der Waals surface area contributed by atoms with Crippen molar-refractivity contribution in [3.05, 3.63) is 53.6 Å². The molecule has 0 saturated heterocycles. The summed E-state index contributed by atoms with van der Waals surface area (Å²) in [5.41, 5.74) is 0.488. The van der Waals surface area contributed by atoms with Gasteiger partial charge in [-0.15, -0.1) is 0 Å². The molecule has 0 aliphatic carbocycles. The molecule has 0 bridgehead atoms. The van der Waals surface area contributed by atoms with E-state index in [4.69, 9.17) is 16.3 Å². The van der Waals surface area contributed by atoms with E-state index in [9.17, 15) is 13.2 Å². The third-order valence-corrected chi connectivity index (χ3v) is 5.18. The number of anilines is 1. The van der Waals surface area contributed by atoms with Gasteiger partial charge in [0.2, 0.25) is 10.0 Å². The lowest BCUT2D eigenvalue weighted by Gasteiger charge is -2.09. The molecule has 6 nitrogen and oxygen atoms in total. The summed E-state index contributed by atoms with van der Waals surface area (Å²) in [6, 6.07) is 12.6. The van der Waals surface area contributed by atoms with Crippen LogP contribution in [-0.4, -0.2) is 27.5 Å². The Morgan fingerprint density at radius 3 is 2.35 bits per heavy atom. The monoisotopic (exact) mass is 396 g/mol. The van der Waals surface area contributed by atoms with E-state index in [1.165, 1.54) is 24.3 Å². The van der Waals surface area contributed by atoms with Crippen LogP contribution in [0.15, 0.2) is 53.4 Å². The highest BCUT2D eigenvalue weighted by Gasteiger charge is 2.13. The summed E-state index contributed by atoms with van der Waals surface area (Å²) in [6.07, 6.45) is 1.69. The number of hydrogen-bond donors (Lipinski definition) is 2. The second-order valence-corrected chi connectivity index (χ2v) is 7.77. The Kier molecular flexibility index (Phi) is 7.44. The Morgan fingerprint density at radius 2 is 1.73 bits per heavy atom. The summed E-state index contributed by atoms with van der Waals surface area (Å²) >= 11 is 5.78. The van der Waals surface area contributed by atoms with Crippen molar-refractivity contribution in [3.8, 4) is 5.75 Å². The predicted molar refractivity (Wildman–Crippen MR) is 102 cm³/mol. The van der Waals surface area contributed by atoms with Gasteiger partial charge in [0, 0.05) is 17.3 Å². The summed E-state index contributed by atoms with van der Waals surface area (Å²) < 4.78 is 32.1. The van der Waals surface area contributed by atoms with Gasteiger partial charge >= 0.3 is 0 Å². The molecule has 0 unspecified atom stereocenters. The Balaban J connectivity index is 1.87. The van der Waals surface area contributed by atoms with Crippen LogP contribution in [0.2, 0.25) is 5.02 Å². The molecule has 8 heteroatoms. The highest BCUT2D eigenvalue weighted by atomic mass is 35.5. The topological polar surface area (TPSA) is 84.5 Å². The van der Waals surface area contributed by atoms with Gasteiger partial charge in [-0.25, -0.2) is 13.1 Å². The van der Waals surface area contributed by atoms with E-state index < -0.39 is 10.0 Å². The molecule has 0 spiro atoms. The van der Waals surface area contributed by atoms with Crippen molar-refractivity contribution in [2.24, 2.45) is 0 Å². The van der Waals surface area contributed by atoms with E-state index in [-0.39, 0.29) is 17.4 Å². The third-order valence-electron chi connectivity index (χ3n) is 3.45. The average molecular weight is 397 g/mol. The van der Waals surface area contributed by atoms with Gasteiger partial charge in [0.05, 0.1) is 4.90 Å². The molecule has 0 fully saturated rings. The van der Waals surface area contributed by atoms with Crippen LogP contribution < -0.4 is 14.8 Å². The van der Waals surface area contributed by atoms with Gasteiger partial charge in [-0.3, -0.25) is 4.79 Å². The Hall–Kier alpha value is -2.09. The molecule has 140 valence electrons. The molecule has 0 aliphatic rings. The van der Waals surface area contributed by atoms with Crippen molar-refractivity contribution in [1.82, 2.24) is 4.72 Å². The van der Waals surface area contributed by atoms with Gasteiger partial charge in [0.25, 0.3) is 5.91 Å². The molecule has 1 amide bonds. The van der Waals surface area contributed by atoms with E-state index in [1.807, 2.05) is 6.92 Å². The maximum absolute atomic E-state index is 12.1. The number of rotatable bonds is 9. The summed E-state index contributed by atoms with van der Waals surface area (Å²) in [6.45, 7) is 2.22. The summed E-state index contributed by atoms with van der Waals surface area (Å²) in [7, 11) is -3.53. The minimum Gasteiger partial charge on any atom is -0.484 e. The zero-order valence-electron chi connectivity index (χ0n) is 14.4. The number of carbonyl (C=O) groups excluding carboxylic acids is 1. The quantitative estimate of drug-likeness (QED) is 0.636. The predicted octanol–water partition coefficient (Wildman–Crippen LogP) is 3.44. The number of nitrogens with one attached hydrogen (secondary N) is 2. The van der Waals surface area contributed by atoms with Crippen LogP contribution in [-0.2, 0) is 14.8 Å². The van der Waals surface area contributed by atoms with Crippen molar-refractivity contribution in [3.63, 3.8) is 0 Å². The minimum atomic E-state index is -3.53. The van der Waals surface area contributed by atoms with E-state index in [2.05, 4.69) is 10.0 Å². The maximum Gasteiger partial charge on any atom is 0.262 e. The van der Waals surface area contributed by atoms with Gasteiger partial charge in [-0.1, -0.05) is 24.9 Å². The van der Waals surface area contributed by atoms with Crippen LogP contribution in [0.3, 0.4) is 0 Å². The lowest BCUT2D eigenvalue weighted by molar-refractivity contribution is -0.118. The third kappa shape index (κ3) is 6.33. The lowest BCUT2D eigenvalue weighted by atomic mass is 10.3. The van der Waals surface area contributed by atoms with Gasteiger partial charge < -0.3 is 10.1 Å². The minimum absolute atomic E-state index is 0.156. The van der Waals surface area contributed by atoms with Crippen molar-refractivity contribution < 1.29 is 17.9 Å². The lowest BCUT2D eigenvalue weighted by Crippen LogP contribution is -2.24. The number of benzene rings is 2. The molecule has 0 radical (unpaired) electrons. The van der Waals surface area contributed by atoms with E-state index in [1.54, 1.807) is 24.3 Å². The number of amides is 1. The van der Waals surface area contributed by atoms with E-state index in [0.717, 1.165) is 12.8 Å². The SMILES string of the molecule is CCCCNS(=O)(=O)c1ccc(NC(=O)COc2ccc(Cl)cc2)cc1. The largest absolute Gasteiger partial charge is 0.484 e. The van der Waals surface area contributed by atoms with Gasteiger partial charge in [-0.2, -0.15) is 0 Å². The first kappa shape index (κ1) is 20.2. The van der Waals surface area contributed by atoms with Crippen LogP contribution in [0, 0.1) is 0 Å². The number of unbranched alkanes of at least 4 members (excludes halogenated alkanes) is 1. The molecule has 0 saturated carbocycles. The van der Waals surface area contributed by atoms with Crippen LogP contribution in [0.25, 0.3) is 0 Å². The first-order valence-corrected chi connectivity index (χ1v) is 10.0. The average Bonchev–Trinajstić information content (AvgIpc) is 2.62. The fourth-order valence-electron chi connectivity index (χ4n) is 2.06. The molecule has 2 aromatic carbocycles. The molecular formula is C18H21ClN2O4S. The Labute approximate surface area is 158 Å². The number of halogens is 1. The normalized spacial score (nSPS) is 11.2. The highest BCUT2D eigenvalue weighted by Crippen LogP contribution is 2.16. The van der Waals surface area contributed by atoms with Crippen molar-refractivity contribution in [2.75, 3.05) is 18.5 Å². The molecule has 2 aromatic rings. The van der Waals surface area contributed by atoms with Crippen molar-refractivity contribution in [1.29, 1.82) is 0 Å². The Morgan fingerprint density at radius 1 is 1.08 bits per heavy atom. The molecule has 2 rings (SSSR count). The fourth-order valence-corrected chi connectivity index (χ4v) is 3.26. The number of hydrogen-bond acceptors (Lipinski definition) is 4. The van der Waals surface area contributed by atoms with Gasteiger partial charge in [0.1, 0.15) is 5.75 Å². The number of sulfonamides is 1. The zero-order chi connectivity index (χ0) is 19.0. The summed E-state index contributed by atoms with van der Waals surface area (Å²) in [5.74, 6) is 0.181. The first-order chi connectivity index (χ1) is 12.4. The second-order valence-electron chi connectivity index (χ2n) is 5.57. The smallest absolute Gasteiger partial charge is 0.262 e. The Bertz CT molecular complexity index is 821. The van der Waals surface area contributed by atoms with Crippen LogP contribution in [0.5, 0.6) is 5.75 Å². The van der Waals surface area contributed by atoms with Crippen LogP contribution in [0.4, 0.5) is 5.69 Å². The standard InChI is InChI=1S/C18H21ClN2O4S/c1-2-3-12-20-26(23,24)17-10-6-15(7-11-17)21-18(22)13-25-16-8-4-14(19)5-9-16/h4-11,20H,2-3,12-13H2,1H3,(H,21,22). The second kappa shape index (κ2) is 9.56. The molecule has 0 atom stereocenters. The first-order valence-electron chi connectivity index (χ1n) is 8.18. The fraction of sp³-hybridized carbons (Fsp3) is 0.278. The van der Waals surface area contributed by atoms with Crippen molar-refractivity contribution >= 4 is 33.2 Å². The highest BCUT2D eigenvalue weighted by molar-refractivity contribution is 7.89. The van der Waals surface area contributed by atoms with Crippen LogP contribution in [0.1, 0.15) is 19.8 Å². The van der Waals surface area contributed by atoms with E-state index in [0.29, 0.717) is 23.0 Å². The molecule has 0 heterocycles. The van der Waals surface area contributed by atoms with Gasteiger partial charge in [0.15, 0.2) is 6.61 Å². The summed E-state index contributed by atoms with van der Waals surface area (Å²) in [5, 5.41) is 3.23. The van der Waals surface area contributed by atoms with Gasteiger partial charge in [-0.05, 0) is 55.0 Å². The molecule has 2 N–H and O–H groups in total. The molecule has 0 aliphatic heterocycles. The zero-order valence-corrected chi connectivity index (χ0v) is 15.9. The van der Waals surface area contributed by atoms with Crippen LogP contribution >= 0.6 is 11.6 Å². The molecule has 0 aromatic heterocycles.